The van der Waals surface area contributed by atoms with E-state index in [0.29, 0.717) is 16.9 Å². The predicted octanol–water partition coefficient (Wildman–Crippen LogP) is 3.81. The third-order valence-corrected chi connectivity index (χ3v) is 4.10. The SMILES string of the molecule is CC(F)(F)c1ncncc1-c1nc2ccc(C#N)cc2n1C1CC1. The largest absolute Gasteiger partial charge is 0.321 e. The Kier molecular flexibility index (Phi) is 3.10. The van der Waals surface area contributed by atoms with E-state index in [9.17, 15) is 8.78 Å². The number of benzene rings is 1. The van der Waals surface area contributed by atoms with Crippen molar-refractivity contribution in [2.24, 2.45) is 0 Å². The fraction of sp³-hybridized carbons (Fsp3) is 0.294. The number of fused-ring (bicyclic) bond motifs is 1. The molecule has 0 atom stereocenters. The Hall–Kier alpha value is -2.88. The molecule has 0 spiro atoms. The maximum absolute atomic E-state index is 14.0. The van der Waals surface area contributed by atoms with Crippen LogP contribution in [0.25, 0.3) is 22.4 Å². The molecular formula is C17H13F2N5. The van der Waals surface area contributed by atoms with E-state index in [0.717, 1.165) is 31.6 Å². The Bertz CT molecular complexity index is 977. The lowest BCUT2D eigenvalue weighted by Gasteiger charge is -2.15. The molecule has 4 rings (SSSR count). The zero-order valence-electron chi connectivity index (χ0n) is 12.9. The number of nitriles is 1. The Balaban J connectivity index is 2.02. The normalized spacial score (nSPS) is 14.8. The van der Waals surface area contributed by atoms with Gasteiger partial charge in [0.05, 0.1) is 28.2 Å². The standard InChI is InChI=1S/C17H13F2N5/c1-17(18,19)15-12(8-21-9-22-15)16-23-13-5-2-10(7-20)6-14(13)24(16)11-3-4-11/h2,5-6,8-9,11H,3-4H2,1H3. The van der Waals surface area contributed by atoms with E-state index >= 15 is 0 Å². The van der Waals surface area contributed by atoms with Crippen LogP contribution in [-0.2, 0) is 5.92 Å². The van der Waals surface area contributed by atoms with Crippen LogP contribution in [0.4, 0.5) is 8.78 Å². The van der Waals surface area contributed by atoms with Crippen molar-refractivity contribution in [3.63, 3.8) is 0 Å². The first-order chi connectivity index (χ1) is 11.5. The minimum Gasteiger partial charge on any atom is -0.321 e. The molecule has 0 aliphatic heterocycles. The van der Waals surface area contributed by atoms with E-state index in [1.807, 2.05) is 4.57 Å². The highest BCUT2D eigenvalue weighted by Crippen LogP contribution is 2.43. The summed E-state index contributed by atoms with van der Waals surface area (Å²) in [6, 6.07) is 7.47. The molecule has 1 fully saturated rings. The lowest BCUT2D eigenvalue weighted by molar-refractivity contribution is 0.0132. The van der Waals surface area contributed by atoms with Crippen LogP contribution in [0.2, 0.25) is 0 Å². The molecule has 1 saturated carbocycles. The van der Waals surface area contributed by atoms with Gasteiger partial charge >= 0.3 is 0 Å². The summed E-state index contributed by atoms with van der Waals surface area (Å²) in [5.41, 5.74) is 1.86. The van der Waals surface area contributed by atoms with E-state index in [1.165, 1.54) is 6.20 Å². The van der Waals surface area contributed by atoms with E-state index < -0.39 is 5.92 Å². The molecule has 2 heterocycles. The third kappa shape index (κ3) is 2.31. The first kappa shape index (κ1) is 14.7. The van der Waals surface area contributed by atoms with Gasteiger partial charge in [0.2, 0.25) is 0 Å². The van der Waals surface area contributed by atoms with Crippen molar-refractivity contribution in [3.05, 3.63) is 42.0 Å². The number of hydrogen-bond acceptors (Lipinski definition) is 4. The highest BCUT2D eigenvalue weighted by atomic mass is 19.3. The van der Waals surface area contributed by atoms with Gasteiger partial charge in [0, 0.05) is 19.2 Å². The van der Waals surface area contributed by atoms with Crippen molar-refractivity contribution in [1.82, 2.24) is 19.5 Å². The van der Waals surface area contributed by atoms with Crippen LogP contribution in [0.15, 0.2) is 30.7 Å². The summed E-state index contributed by atoms with van der Waals surface area (Å²) in [6.45, 7) is 0.816. The van der Waals surface area contributed by atoms with Gasteiger partial charge in [-0.25, -0.2) is 15.0 Å². The zero-order valence-corrected chi connectivity index (χ0v) is 12.9. The van der Waals surface area contributed by atoms with Crippen molar-refractivity contribution in [2.75, 3.05) is 0 Å². The van der Waals surface area contributed by atoms with Gasteiger partial charge in [0.25, 0.3) is 5.92 Å². The van der Waals surface area contributed by atoms with Crippen LogP contribution < -0.4 is 0 Å². The van der Waals surface area contributed by atoms with Crippen LogP contribution in [0, 0.1) is 11.3 Å². The molecule has 120 valence electrons. The Morgan fingerprint density at radius 1 is 1.33 bits per heavy atom. The molecule has 0 radical (unpaired) electrons. The molecule has 0 bridgehead atoms. The number of hydrogen-bond donors (Lipinski definition) is 0. The van der Waals surface area contributed by atoms with Gasteiger partial charge in [-0.3, -0.25) is 0 Å². The van der Waals surface area contributed by atoms with Crippen LogP contribution >= 0.6 is 0 Å². The third-order valence-electron chi connectivity index (χ3n) is 4.10. The second-order valence-corrected chi connectivity index (χ2v) is 6.03. The highest BCUT2D eigenvalue weighted by Gasteiger charge is 2.34. The number of alkyl halides is 2. The first-order valence-electron chi connectivity index (χ1n) is 7.60. The zero-order chi connectivity index (χ0) is 16.9. The molecule has 0 N–H and O–H groups in total. The molecule has 2 aromatic heterocycles. The minimum atomic E-state index is -3.09. The smallest absolute Gasteiger partial charge is 0.287 e. The summed E-state index contributed by atoms with van der Waals surface area (Å²) in [5.74, 6) is -2.66. The number of halogens is 2. The number of rotatable bonds is 3. The molecule has 1 aromatic carbocycles. The van der Waals surface area contributed by atoms with Crippen molar-refractivity contribution >= 4 is 11.0 Å². The van der Waals surface area contributed by atoms with Gasteiger partial charge in [-0.2, -0.15) is 14.0 Å². The molecule has 24 heavy (non-hydrogen) atoms. The Morgan fingerprint density at radius 2 is 2.12 bits per heavy atom. The fourth-order valence-corrected chi connectivity index (χ4v) is 2.90. The molecule has 0 unspecified atom stereocenters. The van der Waals surface area contributed by atoms with Gasteiger partial charge in [-0.15, -0.1) is 0 Å². The molecule has 1 aliphatic carbocycles. The fourth-order valence-electron chi connectivity index (χ4n) is 2.90. The van der Waals surface area contributed by atoms with Crippen LogP contribution in [-0.4, -0.2) is 19.5 Å². The van der Waals surface area contributed by atoms with Gasteiger partial charge in [-0.1, -0.05) is 0 Å². The summed E-state index contributed by atoms with van der Waals surface area (Å²) < 4.78 is 29.8. The van der Waals surface area contributed by atoms with Gasteiger partial charge < -0.3 is 4.57 Å². The quantitative estimate of drug-likeness (QED) is 0.734. The molecule has 0 saturated heterocycles. The number of imidazole rings is 1. The Morgan fingerprint density at radius 3 is 2.79 bits per heavy atom. The molecule has 7 heteroatoms. The summed E-state index contributed by atoms with van der Waals surface area (Å²) in [4.78, 5) is 12.2. The van der Waals surface area contributed by atoms with E-state index in [4.69, 9.17) is 5.26 Å². The monoisotopic (exact) mass is 325 g/mol. The average Bonchev–Trinajstić information content (AvgIpc) is 3.33. The summed E-state index contributed by atoms with van der Waals surface area (Å²) in [6.07, 6.45) is 4.42. The van der Waals surface area contributed by atoms with Crippen molar-refractivity contribution in [2.45, 2.75) is 31.7 Å². The summed E-state index contributed by atoms with van der Waals surface area (Å²) >= 11 is 0. The average molecular weight is 325 g/mol. The van der Waals surface area contributed by atoms with E-state index in [2.05, 4.69) is 21.0 Å². The van der Waals surface area contributed by atoms with Crippen molar-refractivity contribution in [3.8, 4) is 17.5 Å². The maximum atomic E-state index is 14.0. The Labute approximate surface area is 136 Å². The minimum absolute atomic E-state index is 0.206. The maximum Gasteiger partial charge on any atom is 0.287 e. The van der Waals surface area contributed by atoms with E-state index in [-0.39, 0.29) is 17.3 Å². The van der Waals surface area contributed by atoms with Gasteiger partial charge in [0.15, 0.2) is 0 Å². The highest BCUT2D eigenvalue weighted by molar-refractivity contribution is 5.82. The van der Waals surface area contributed by atoms with Crippen molar-refractivity contribution in [1.29, 1.82) is 5.26 Å². The first-order valence-corrected chi connectivity index (χ1v) is 7.60. The molecule has 0 amide bonds. The predicted molar refractivity (Wildman–Crippen MR) is 83.3 cm³/mol. The summed E-state index contributed by atoms with van der Waals surface area (Å²) in [5, 5.41) is 9.12. The molecule has 5 nitrogen and oxygen atoms in total. The molecular weight excluding hydrogens is 312 g/mol. The number of aromatic nitrogens is 4. The van der Waals surface area contributed by atoms with Gasteiger partial charge in [-0.05, 0) is 31.0 Å². The topological polar surface area (TPSA) is 67.4 Å². The lowest BCUT2D eigenvalue weighted by atomic mass is 10.1. The van der Waals surface area contributed by atoms with Crippen LogP contribution in [0.5, 0.6) is 0 Å². The summed E-state index contributed by atoms with van der Waals surface area (Å²) in [7, 11) is 0. The van der Waals surface area contributed by atoms with Crippen molar-refractivity contribution < 1.29 is 8.78 Å². The second kappa shape index (κ2) is 5.06. The van der Waals surface area contributed by atoms with E-state index in [1.54, 1.807) is 18.2 Å². The second-order valence-electron chi connectivity index (χ2n) is 6.03. The lowest BCUT2D eigenvalue weighted by Crippen LogP contribution is -2.13. The number of nitrogens with zero attached hydrogens (tertiary/aromatic N) is 5. The van der Waals surface area contributed by atoms with Crippen LogP contribution in [0.1, 0.15) is 37.1 Å². The van der Waals surface area contributed by atoms with Crippen LogP contribution in [0.3, 0.4) is 0 Å². The molecule has 3 aromatic rings. The van der Waals surface area contributed by atoms with Gasteiger partial charge in [0.1, 0.15) is 17.8 Å². The molecule has 1 aliphatic rings.